The lowest BCUT2D eigenvalue weighted by Crippen LogP contribution is -2.39. The number of nitrogens with zero attached hydrogens (tertiary/aromatic N) is 1. The molecule has 0 saturated carbocycles. The Bertz CT molecular complexity index is 740. The van der Waals surface area contributed by atoms with Crippen LogP contribution in [0.5, 0.6) is 0 Å². The van der Waals surface area contributed by atoms with Crippen LogP contribution in [-0.2, 0) is 25.7 Å². The molecular formula is C20H31N5O6. The minimum absolute atomic E-state index is 0.0664. The average molecular weight is 437 g/mol. The van der Waals surface area contributed by atoms with Crippen molar-refractivity contribution in [2.75, 3.05) is 39.1 Å². The molecule has 0 saturated heterocycles. The van der Waals surface area contributed by atoms with Crippen molar-refractivity contribution in [3.05, 3.63) is 29.8 Å². The molecule has 0 aromatic heterocycles. The third-order valence-corrected chi connectivity index (χ3v) is 4.26. The summed E-state index contributed by atoms with van der Waals surface area (Å²) in [5.41, 5.74) is 6.36. The summed E-state index contributed by atoms with van der Waals surface area (Å²) in [6, 6.07) is 5.90. The maximum atomic E-state index is 12.4. The highest BCUT2D eigenvalue weighted by Gasteiger charge is 2.16. The Morgan fingerprint density at radius 3 is 2.39 bits per heavy atom. The Hall–Kier alpha value is -3.34. The molecule has 11 nitrogen and oxygen atoms in total. The van der Waals surface area contributed by atoms with Crippen molar-refractivity contribution in [3.8, 4) is 0 Å². The van der Waals surface area contributed by atoms with E-state index >= 15 is 0 Å². The number of urea groups is 1. The van der Waals surface area contributed by atoms with Crippen LogP contribution >= 0.6 is 0 Å². The van der Waals surface area contributed by atoms with E-state index in [0.717, 1.165) is 5.56 Å². The molecule has 4 amide bonds. The van der Waals surface area contributed by atoms with Crippen molar-refractivity contribution in [2.45, 2.75) is 32.4 Å². The summed E-state index contributed by atoms with van der Waals surface area (Å²) < 4.78 is 9.99. The van der Waals surface area contributed by atoms with Gasteiger partial charge in [-0.25, -0.2) is 9.59 Å². The molecule has 1 rings (SSSR count). The molecule has 31 heavy (non-hydrogen) atoms. The lowest BCUT2D eigenvalue weighted by Gasteiger charge is -2.17. The second-order valence-electron chi connectivity index (χ2n) is 6.78. The van der Waals surface area contributed by atoms with Crippen molar-refractivity contribution in [2.24, 2.45) is 5.73 Å². The van der Waals surface area contributed by atoms with E-state index in [2.05, 4.69) is 16.0 Å². The number of nitrogens with one attached hydrogen (secondary N) is 3. The van der Waals surface area contributed by atoms with Crippen molar-refractivity contribution >= 4 is 29.7 Å². The van der Waals surface area contributed by atoms with E-state index in [1.165, 1.54) is 11.8 Å². The first-order valence-electron chi connectivity index (χ1n) is 9.84. The number of anilines is 1. The quantitative estimate of drug-likeness (QED) is 0.279. The summed E-state index contributed by atoms with van der Waals surface area (Å²) in [4.78, 5) is 47.0. The third kappa shape index (κ3) is 10.8. The van der Waals surface area contributed by atoms with Gasteiger partial charge in [0.05, 0.1) is 12.6 Å². The van der Waals surface area contributed by atoms with Crippen molar-refractivity contribution in [1.82, 2.24) is 15.5 Å². The number of hydrogen-bond donors (Lipinski definition) is 4. The van der Waals surface area contributed by atoms with Crippen LogP contribution in [0.25, 0.3) is 0 Å². The largest absolute Gasteiger partial charge is 0.464 e. The third-order valence-electron chi connectivity index (χ3n) is 4.26. The van der Waals surface area contributed by atoms with E-state index in [0.29, 0.717) is 25.1 Å². The minimum Gasteiger partial charge on any atom is -0.464 e. The zero-order valence-electron chi connectivity index (χ0n) is 18.1. The van der Waals surface area contributed by atoms with Gasteiger partial charge in [-0.15, -0.1) is 0 Å². The molecule has 1 atom stereocenters. The predicted molar refractivity (Wildman–Crippen MR) is 114 cm³/mol. The van der Waals surface area contributed by atoms with Gasteiger partial charge in [0.15, 0.2) is 0 Å². The van der Waals surface area contributed by atoms with E-state index in [-0.39, 0.29) is 25.7 Å². The Kier molecular flexibility index (Phi) is 11.4. The lowest BCUT2D eigenvalue weighted by molar-refractivity contribution is -0.141. The fourth-order valence-corrected chi connectivity index (χ4v) is 2.51. The highest BCUT2D eigenvalue weighted by molar-refractivity contribution is 5.94. The second-order valence-corrected chi connectivity index (χ2v) is 6.78. The van der Waals surface area contributed by atoms with Gasteiger partial charge in [0, 0.05) is 26.2 Å². The predicted octanol–water partition coefficient (Wildman–Crippen LogP) is 0.793. The SMILES string of the molecule is CNC(CCCNC(N)=O)C(=O)Nc1ccc(COC(=O)N(C)CCOC(C)=O)cc1. The summed E-state index contributed by atoms with van der Waals surface area (Å²) in [7, 11) is 3.24. The van der Waals surface area contributed by atoms with Gasteiger partial charge in [-0.1, -0.05) is 12.1 Å². The first-order valence-corrected chi connectivity index (χ1v) is 9.84. The van der Waals surface area contributed by atoms with Crippen LogP contribution in [0.1, 0.15) is 25.3 Å². The number of rotatable bonds is 12. The first-order chi connectivity index (χ1) is 14.7. The van der Waals surface area contributed by atoms with Gasteiger partial charge < -0.3 is 36.1 Å². The van der Waals surface area contributed by atoms with Crippen LogP contribution in [0, 0.1) is 0 Å². The number of carbonyl (C=O) groups is 4. The van der Waals surface area contributed by atoms with Gasteiger partial charge in [-0.05, 0) is 37.6 Å². The van der Waals surface area contributed by atoms with Gasteiger partial charge in [-0.3, -0.25) is 9.59 Å². The molecular weight excluding hydrogens is 406 g/mol. The Balaban J connectivity index is 2.42. The zero-order valence-corrected chi connectivity index (χ0v) is 18.1. The van der Waals surface area contributed by atoms with Gasteiger partial charge in [0.25, 0.3) is 0 Å². The fraction of sp³-hybridized carbons (Fsp3) is 0.500. The zero-order chi connectivity index (χ0) is 23.2. The van der Waals surface area contributed by atoms with Crippen LogP contribution in [0.3, 0.4) is 0 Å². The average Bonchev–Trinajstić information content (AvgIpc) is 2.72. The number of carbonyl (C=O) groups excluding carboxylic acids is 4. The van der Waals surface area contributed by atoms with E-state index in [1.807, 2.05) is 0 Å². The molecule has 1 unspecified atom stereocenters. The van der Waals surface area contributed by atoms with Gasteiger partial charge in [0.2, 0.25) is 5.91 Å². The number of likely N-dealkylation sites (N-methyl/N-ethyl adjacent to an activating group) is 2. The Morgan fingerprint density at radius 2 is 1.81 bits per heavy atom. The Morgan fingerprint density at radius 1 is 1.13 bits per heavy atom. The molecule has 0 aliphatic carbocycles. The van der Waals surface area contributed by atoms with Gasteiger partial charge in [0.1, 0.15) is 13.2 Å². The number of esters is 1. The number of nitrogens with two attached hydrogens (primary N) is 1. The summed E-state index contributed by atoms with van der Waals surface area (Å²) in [5.74, 6) is -0.606. The van der Waals surface area contributed by atoms with Crippen LogP contribution in [0.2, 0.25) is 0 Å². The number of ether oxygens (including phenoxy) is 2. The number of hydrogen-bond acceptors (Lipinski definition) is 7. The van der Waals surface area contributed by atoms with Crippen LogP contribution in [-0.4, -0.2) is 68.7 Å². The van der Waals surface area contributed by atoms with Crippen LogP contribution in [0.4, 0.5) is 15.3 Å². The minimum atomic E-state index is -0.593. The van der Waals surface area contributed by atoms with Crippen molar-refractivity contribution in [1.29, 1.82) is 0 Å². The van der Waals surface area contributed by atoms with Crippen molar-refractivity contribution in [3.63, 3.8) is 0 Å². The van der Waals surface area contributed by atoms with Crippen LogP contribution in [0.15, 0.2) is 24.3 Å². The topological polar surface area (TPSA) is 152 Å². The second kappa shape index (κ2) is 13.8. The lowest BCUT2D eigenvalue weighted by atomic mass is 10.1. The maximum absolute atomic E-state index is 12.4. The van der Waals surface area contributed by atoms with E-state index in [9.17, 15) is 19.2 Å². The van der Waals surface area contributed by atoms with Gasteiger partial charge in [-0.2, -0.15) is 0 Å². The Labute approximate surface area is 181 Å². The normalized spacial score (nSPS) is 11.2. The van der Waals surface area contributed by atoms with Crippen molar-refractivity contribution < 1.29 is 28.7 Å². The molecule has 0 aliphatic rings. The number of benzene rings is 1. The van der Waals surface area contributed by atoms with Gasteiger partial charge >= 0.3 is 18.1 Å². The first kappa shape index (κ1) is 25.7. The fourth-order valence-electron chi connectivity index (χ4n) is 2.51. The van der Waals surface area contributed by atoms with E-state index < -0.39 is 24.1 Å². The molecule has 172 valence electrons. The monoisotopic (exact) mass is 437 g/mol. The van der Waals surface area contributed by atoms with E-state index in [1.54, 1.807) is 38.4 Å². The number of primary amides is 1. The molecule has 5 N–H and O–H groups in total. The maximum Gasteiger partial charge on any atom is 0.409 e. The standard InChI is InChI=1S/C20H31N5O6/c1-14(26)30-12-11-25(3)20(29)31-13-15-6-8-16(9-7-15)24-18(27)17(22-2)5-4-10-23-19(21)28/h6-9,17,22H,4-5,10-13H2,1-3H3,(H,24,27)(H3,21,23,28). The number of amides is 4. The summed E-state index contributed by atoms with van der Waals surface area (Å²) in [6.07, 6.45) is 0.593. The molecule has 0 spiro atoms. The highest BCUT2D eigenvalue weighted by Crippen LogP contribution is 2.12. The summed E-state index contributed by atoms with van der Waals surface area (Å²) in [5, 5.41) is 8.24. The summed E-state index contributed by atoms with van der Waals surface area (Å²) >= 11 is 0. The van der Waals surface area contributed by atoms with E-state index in [4.69, 9.17) is 15.2 Å². The smallest absolute Gasteiger partial charge is 0.409 e. The molecule has 0 radical (unpaired) electrons. The molecule has 0 bridgehead atoms. The molecule has 0 fully saturated rings. The van der Waals surface area contributed by atoms with Crippen LogP contribution < -0.4 is 21.7 Å². The molecule has 1 aromatic rings. The summed E-state index contributed by atoms with van der Waals surface area (Å²) in [6.45, 7) is 2.09. The molecule has 0 heterocycles. The highest BCUT2D eigenvalue weighted by atomic mass is 16.6. The molecule has 1 aromatic carbocycles. The molecule has 11 heteroatoms. The molecule has 0 aliphatic heterocycles.